The summed E-state index contributed by atoms with van der Waals surface area (Å²) in [6.07, 6.45) is 3.75. The van der Waals surface area contributed by atoms with Crippen LogP contribution in [0.1, 0.15) is 4.88 Å². The number of sulfonamides is 1. The Morgan fingerprint density at radius 1 is 1.19 bits per heavy atom. The van der Waals surface area contributed by atoms with Crippen LogP contribution in [0.25, 0.3) is 0 Å². The highest BCUT2D eigenvalue weighted by Gasteiger charge is 2.29. The van der Waals surface area contributed by atoms with Crippen molar-refractivity contribution in [3.63, 3.8) is 0 Å². The quantitative estimate of drug-likeness (QED) is 0.751. The number of pyridine rings is 1. The highest BCUT2D eigenvalue weighted by atomic mass is 32.2. The van der Waals surface area contributed by atoms with E-state index in [1.54, 1.807) is 29.7 Å². The SMILES string of the molecule is O=C(CN1CCN(S(=O)(=O)c2cccnc2)CC1)NCCc1cccs1. The molecule has 0 spiro atoms. The summed E-state index contributed by atoms with van der Waals surface area (Å²) in [5.74, 6) is -0.0230. The van der Waals surface area contributed by atoms with Gasteiger partial charge in [-0.1, -0.05) is 6.07 Å². The highest BCUT2D eigenvalue weighted by molar-refractivity contribution is 7.89. The van der Waals surface area contributed by atoms with E-state index in [1.807, 2.05) is 16.3 Å². The molecule has 7 nitrogen and oxygen atoms in total. The van der Waals surface area contributed by atoms with Gasteiger partial charge >= 0.3 is 0 Å². The van der Waals surface area contributed by atoms with E-state index in [-0.39, 0.29) is 10.8 Å². The number of nitrogens with zero attached hydrogens (tertiary/aromatic N) is 3. The van der Waals surface area contributed by atoms with Crippen LogP contribution in [0.4, 0.5) is 0 Å². The fourth-order valence-electron chi connectivity index (χ4n) is 2.82. The fraction of sp³-hybridized carbons (Fsp3) is 0.412. The van der Waals surface area contributed by atoms with Crippen molar-refractivity contribution in [2.75, 3.05) is 39.3 Å². The molecule has 0 unspecified atom stereocenters. The second-order valence-electron chi connectivity index (χ2n) is 6.05. The van der Waals surface area contributed by atoms with Gasteiger partial charge in [0.25, 0.3) is 0 Å². The van der Waals surface area contributed by atoms with Gasteiger partial charge in [0.2, 0.25) is 15.9 Å². The molecule has 0 bridgehead atoms. The summed E-state index contributed by atoms with van der Waals surface area (Å²) in [5, 5.41) is 4.95. The second-order valence-corrected chi connectivity index (χ2v) is 9.02. The Hall–Kier alpha value is -1.81. The van der Waals surface area contributed by atoms with Crippen molar-refractivity contribution in [3.8, 4) is 0 Å². The molecular formula is C17H22N4O3S2. The molecule has 0 aromatic carbocycles. The summed E-state index contributed by atoms with van der Waals surface area (Å²) in [7, 11) is -3.51. The predicted octanol–water partition coefficient (Wildman–Crippen LogP) is 0.808. The number of rotatable bonds is 7. The van der Waals surface area contributed by atoms with Crippen molar-refractivity contribution in [1.29, 1.82) is 0 Å². The second kappa shape index (κ2) is 8.72. The van der Waals surface area contributed by atoms with Crippen LogP contribution >= 0.6 is 11.3 Å². The molecule has 2 aromatic rings. The van der Waals surface area contributed by atoms with Gasteiger partial charge in [0, 0.05) is 50.0 Å². The Morgan fingerprint density at radius 2 is 2.00 bits per heavy atom. The van der Waals surface area contributed by atoms with Crippen molar-refractivity contribution in [2.24, 2.45) is 0 Å². The van der Waals surface area contributed by atoms with Crippen molar-refractivity contribution >= 4 is 27.3 Å². The zero-order chi connectivity index (χ0) is 18.4. The summed E-state index contributed by atoms with van der Waals surface area (Å²) in [5.41, 5.74) is 0. The lowest BCUT2D eigenvalue weighted by Crippen LogP contribution is -2.51. The van der Waals surface area contributed by atoms with Gasteiger partial charge in [0.15, 0.2) is 0 Å². The molecule has 0 saturated carbocycles. The fourth-order valence-corrected chi connectivity index (χ4v) is 4.91. The van der Waals surface area contributed by atoms with Crippen LogP contribution in [0.15, 0.2) is 46.9 Å². The smallest absolute Gasteiger partial charge is 0.244 e. The third kappa shape index (κ3) is 4.88. The molecule has 1 saturated heterocycles. The number of carbonyl (C=O) groups is 1. The van der Waals surface area contributed by atoms with Gasteiger partial charge in [-0.15, -0.1) is 11.3 Å². The number of thiophene rings is 1. The van der Waals surface area contributed by atoms with Gasteiger partial charge in [0.1, 0.15) is 4.90 Å². The van der Waals surface area contributed by atoms with E-state index < -0.39 is 10.0 Å². The lowest BCUT2D eigenvalue weighted by molar-refractivity contribution is -0.122. The molecule has 1 aliphatic rings. The van der Waals surface area contributed by atoms with Gasteiger partial charge in [-0.05, 0) is 30.0 Å². The molecule has 1 fully saturated rings. The average Bonchev–Trinajstić information content (AvgIpc) is 3.16. The van der Waals surface area contributed by atoms with E-state index in [0.29, 0.717) is 39.3 Å². The molecule has 1 aliphatic heterocycles. The maximum Gasteiger partial charge on any atom is 0.244 e. The molecule has 1 amide bonds. The van der Waals surface area contributed by atoms with E-state index >= 15 is 0 Å². The number of hydrogen-bond donors (Lipinski definition) is 1. The first kappa shape index (κ1) is 19.0. The Kier molecular flexibility index (Phi) is 6.36. The number of amides is 1. The molecule has 140 valence electrons. The summed E-state index contributed by atoms with van der Waals surface area (Å²) in [4.78, 5) is 19.4. The molecule has 3 rings (SSSR count). The number of carbonyl (C=O) groups excluding carboxylic acids is 1. The van der Waals surface area contributed by atoms with Crippen LogP contribution in [0.5, 0.6) is 0 Å². The van der Waals surface area contributed by atoms with Crippen molar-refractivity contribution in [3.05, 3.63) is 46.9 Å². The minimum atomic E-state index is -3.51. The zero-order valence-electron chi connectivity index (χ0n) is 14.4. The van der Waals surface area contributed by atoms with Crippen molar-refractivity contribution in [2.45, 2.75) is 11.3 Å². The summed E-state index contributed by atoms with van der Waals surface area (Å²) in [6, 6.07) is 7.22. The van der Waals surface area contributed by atoms with Crippen LogP contribution in [-0.4, -0.2) is 67.8 Å². The van der Waals surface area contributed by atoms with Crippen LogP contribution in [0.2, 0.25) is 0 Å². The summed E-state index contributed by atoms with van der Waals surface area (Å²) < 4.78 is 26.6. The zero-order valence-corrected chi connectivity index (χ0v) is 16.0. The normalized spacial score (nSPS) is 16.5. The molecule has 3 heterocycles. The summed E-state index contributed by atoms with van der Waals surface area (Å²) in [6.45, 7) is 2.75. The summed E-state index contributed by atoms with van der Waals surface area (Å²) >= 11 is 1.68. The number of aromatic nitrogens is 1. The first-order valence-corrected chi connectivity index (χ1v) is 10.8. The molecule has 0 aliphatic carbocycles. The Bertz CT molecular complexity index is 802. The Morgan fingerprint density at radius 3 is 2.65 bits per heavy atom. The minimum Gasteiger partial charge on any atom is -0.355 e. The van der Waals surface area contributed by atoms with Crippen molar-refractivity contribution < 1.29 is 13.2 Å². The molecular weight excluding hydrogens is 372 g/mol. The van der Waals surface area contributed by atoms with Crippen LogP contribution < -0.4 is 5.32 Å². The van der Waals surface area contributed by atoms with Crippen LogP contribution in [0, 0.1) is 0 Å². The monoisotopic (exact) mass is 394 g/mol. The van der Waals surface area contributed by atoms with Gasteiger partial charge in [-0.3, -0.25) is 14.7 Å². The van der Waals surface area contributed by atoms with E-state index in [9.17, 15) is 13.2 Å². The van der Waals surface area contributed by atoms with E-state index in [0.717, 1.165) is 6.42 Å². The van der Waals surface area contributed by atoms with Crippen LogP contribution in [0.3, 0.4) is 0 Å². The number of hydrogen-bond acceptors (Lipinski definition) is 6. The molecule has 1 N–H and O–H groups in total. The van der Waals surface area contributed by atoms with Gasteiger partial charge in [0.05, 0.1) is 6.54 Å². The largest absolute Gasteiger partial charge is 0.355 e. The standard InChI is InChI=1S/C17H22N4O3S2/c22-17(19-7-5-15-3-2-12-25-15)14-20-8-10-21(11-9-20)26(23,24)16-4-1-6-18-13-16/h1-4,6,12-13H,5,7-11,14H2,(H,19,22). The minimum absolute atomic E-state index is 0.0230. The maximum atomic E-state index is 12.6. The lowest BCUT2D eigenvalue weighted by Gasteiger charge is -2.33. The number of nitrogens with one attached hydrogen (secondary N) is 1. The topological polar surface area (TPSA) is 82.6 Å². The van der Waals surface area contributed by atoms with Gasteiger partial charge in [-0.25, -0.2) is 8.42 Å². The van der Waals surface area contributed by atoms with E-state index in [4.69, 9.17) is 0 Å². The third-order valence-corrected chi connectivity index (χ3v) is 7.06. The molecule has 9 heteroatoms. The average molecular weight is 395 g/mol. The first-order valence-electron chi connectivity index (χ1n) is 8.47. The molecule has 0 atom stereocenters. The molecule has 0 radical (unpaired) electrons. The molecule has 2 aromatic heterocycles. The first-order chi connectivity index (χ1) is 12.6. The Labute approximate surface area is 157 Å². The third-order valence-electron chi connectivity index (χ3n) is 4.24. The van der Waals surface area contributed by atoms with E-state index in [2.05, 4.69) is 16.4 Å². The molecule has 26 heavy (non-hydrogen) atoms. The van der Waals surface area contributed by atoms with Gasteiger partial charge in [-0.2, -0.15) is 4.31 Å². The predicted molar refractivity (Wildman–Crippen MR) is 100 cm³/mol. The maximum absolute atomic E-state index is 12.6. The van der Waals surface area contributed by atoms with E-state index in [1.165, 1.54) is 15.4 Å². The van der Waals surface area contributed by atoms with Crippen LogP contribution in [-0.2, 0) is 21.2 Å². The van der Waals surface area contributed by atoms with Crippen molar-refractivity contribution in [1.82, 2.24) is 19.5 Å². The lowest BCUT2D eigenvalue weighted by atomic mass is 10.3. The Balaban J connectivity index is 1.43. The highest BCUT2D eigenvalue weighted by Crippen LogP contribution is 2.16. The van der Waals surface area contributed by atoms with Gasteiger partial charge < -0.3 is 5.32 Å². The number of piperazine rings is 1.